The number of carbonyl (C=O) groups excluding carboxylic acids is 1. The minimum Gasteiger partial charge on any atom is -0.335 e. The standard InChI is InChI=1S/C17H17N3O/c1-20-15(11-18)9-10-16(20)12-5-7-14(8-6-12)19-17(21)13-3-2-4-13/h5-10,13H,2-4H2,1H3,(H,19,21). The molecule has 1 aromatic heterocycles. The SMILES string of the molecule is Cn1c(C#N)ccc1-c1ccc(NC(=O)C2CCC2)cc1. The highest BCUT2D eigenvalue weighted by Gasteiger charge is 2.25. The molecular formula is C17H17N3O. The smallest absolute Gasteiger partial charge is 0.227 e. The Kier molecular flexibility index (Phi) is 3.49. The van der Waals surface area contributed by atoms with Gasteiger partial charge in [-0.05, 0) is 42.7 Å². The molecule has 1 saturated carbocycles. The van der Waals surface area contributed by atoms with Crippen LogP contribution in [0.15, 0.2) is 36.4 Å². The first-order valence-electron chi connectivity index (χ1n) is 7.16. The number of carbonyl (C=O) groups is 1. The van der Waals surface area contributed by atoms with E-state index in [2.05, 4.69) is 11.4 Å². The zero-order chi connectivity index (χ0) is 14.8. The molecule has 0 radical (unpaired) electrons. The van der Waals surface area contributed by atoms with Gasteiger partial charge < -0.3 is 9.88 Å². The van der Waals surface area contributed by atoms with Gasteiger partial charge in [0, 0.05) is 24.3 Å². The van der Waals surface area contributed by atoms with E-state index < -0.39 is 0 Å². The summed E-state index contributed by atoms with van der Waals surface area (Å²) in [6.45, 7) is 0. The van der Waals surface area contributed by atoms with E-state index in [9.17, 15) is 4.79 Å². The van der Waals surface area contributed by atoms with E-state index in [-0.39, 0.29) is 11.8 Å². The first-order chi connectivity index (χ1) is 10.2. The summed E-state index contributed by atoms with van der Waals surface area (Å²) in [6.07, 6.45) is 3.17. The second-order valence-electron chi connectivity index (χ2n) is 5.47. The second kappa shape index (κ2) is 5.45. The first kappa shape index (κ1) is 13.4. The van der Waals surface area contributed by atoms with E-state index >= 15 is 0 Å². The number of rotatable bonds is 3. The number of amides is 1. The topological polar surface area (TPSA) is 57.8 Å². The molecule has 1 N–H and O–H groups in total. The molecule has 4 heteroatoms. The molecule has 0 aliphatic heterocycles. The van der Waals surface area contributed by atoms with Crippen LogP contribution in [-0.2, 0) is 11.8 Å². The summed E-state index contributed by atoms with van der Waals surface area (Å²) in [6, 6.07) is 13.6. The van der Waals surface area contributed by atoms with Crippen molar-refractivity contribution in [2.45, 2.75) is 19.3 Å². The Morgan fingerprint density at radius 3 is 2.48 bits per heavy atom. The summed E-state index contributed by atoms with van der Waals surface area (Å²) in [5, 5.41) is 11.9. The van der Waals surface area contributed by atoms with Crippen LogP contribution >= 0.6 is 0 Å². The maximum absolute atomic E-state index is 11.9. The van der Waals surface area contributed by atoms with Gasteiger partial charge in [0.15, 0.2) is 0 Å². The molecule has 4 nitrogen and oxygen atoms in total. The van der Waals surface area contributed by atoms with Crippen molar-refractivity contribution in [3.63, 3.8) is 0 Å². The number of benzene rings is 1. The van der Waals surface area contributed by atoms with Crippen LogP contribution in [0, 0.1) is 17.2 Å². The molecule has 0 saturated heterocycles. The van der Waals surface area contributed by atoms with Crippen LogP contribution in [0.1, 0.15) is 25.0 Å². The lowest BCUT2D eigenvalue weighted by molar-refractivity contribution is -0.122. The summed E-state index contributed by atoms with van der Waals surface area (Å²) in [5.41, 5.74) is 3.47. The van der Waals surface area contributed by atoms with Crippen molar-refractivity contribution >= 4 is 11.6 Å². The molecule has 0 bridgehead atoms. The number of nitrogens with zero attached hydrogens (tertiary/aromatic N) is 2. The van der Waals surface area contributed by atoms with Crippen molar-refractivity contribution in [2.24, 2.45) is 13.0 Å². The van der Waals surface area contributed by atoms with Crippen molar-refractivity contribution in [2.75, 3.05) is 5.32 Å². The normalized spacial score (nSPS) is 14.3. The van der Waals surface area contributed by atoms with Crippen LogP contribution in [-0.4, -0.2) is 10.5 Å². The molecule has 1 fully saturated rings. The van der Waals surface area contributed by atoms with Gasteiger partial charge in [-0.2, -0.15) is 5.26 Å². The molecule has 2 aromatic rings. The van der Waals surface area contributed by atoms with E-state index in [0.29, 0.717) is 5.69 Å². The number of hydrogen-bond acceptors (Lipinski definition) is 2. The van der Waals surface area contributed by atoms with E-state index in [1.165, 1.54) is 0 Å². The highest BCUT2D eigenvalue weighted by atomic mass is 16.1. The van der Waals surface area contributed by atoms with Crippen LogP contribution in [0.3, 0.4) is 0 Å². The van der Waals surface area contributed by atoms with Crippen molar-refractivity contribution < 1.29 is 4.79 Å². The van der Waals surface area contributed by atoms with Gasteiger partial charge in [-0.3, -0.25) is 4.79 Å². The third-order valence-electron chi connectivity index (χ3n) is 4.16. The Hall–Kier alpha value is -2.54. The second-order valence-corrected chi connectivity index (χ2v) is 5.47. The van der Waals surface area contributed by atoms with E-state index in [0.717, 1.165) is 36.2 Å². The summed E-state index contributed by atoms with van der Waals surface area (Å²) >= 11 is 0. The molecule has 1 heterocycles. The monoisotopic (exact) mass is 279 g/mol. The molecule has 0 spiro atoms. The lowest BCUT2D eigenvalue weighted by Crippen LogP contribution is -2.27. The van der Waals surface area contributed by atoms with Crippen LogP contribution in [0.25, 0.3) is 11.3 Å². The maximum atomic E-state index is 11.9. The molecule has 21 heavy (non-hydrogen) atoms. The summed E-state index contributed by atoms with van der Waals surface area (Å²) in [5.74, 6) is 0.315. The fraction of sp³-hybridized carbons (Fsp3) is 0.294. The molecule has 0 atom stereocenters. The Morgan fingerprint density at radius 1 is 1.24 bits per heavy atom. The van der Waals surface area contributed by atoms with E-state index in [1.54, 1.807) is 0 Å². The third-order valence-corrected chi connectivity index (χ3v) is 4.16. The van der Waals surface area contributed by atoms with Gasteiger partial charge in [-0.1, -0.05) is 18.6 Å². The number of aromatic nitrogens is 1. The lowest BCUT2D eigenvalue weighted by Gasteiger charge is -2.24. The average Bonchev–Trinajstić information content (AvgIpc) is 2.79. The van der Waals surface area contributed by atoms with Gasteiger partial charge in [0.1, 0.15) is 11.8 Å². The van der Waals surface area contributed by atoms with Crippen LogP contribution in [0.5, 0.6) is 0 Å². The fourth-order valence-electron chi connectivity index (χ4n) is 2.55. The Labute approximate surface area is 124 Å². The van der Waals surface area contributed by atoms with Gasteiger partial charge in [0.25, 0.3) is 0 Å². The van der Waals surface area contributed by atoms with Crippen LogP contribution < -0.4 is 5.32 Å². The molecule has 1 amide bonds. The Morgan fingerprint density at radius 2 is 1.95 bits per heavy atom. The quantitative estimate of drug-likeness (QED) is 0.937. The van der Waals surface area contributed by atoms with Gasteiger partial charge in [0.05, 0.1) is 0 Å². The van der Waals surface area contributed by atoms with Gasteiger partial charge >= 0.3 is 0 Å². The minimum atomic E-state index is 0.125. The first-order valence-corrected chi connectivity index (χ1v) is 7.16. The zero-order valence-corrected chi connectivity index (χ0v) is 12.0. The summed E-state index contributed by atoms with van der Waals surface area (Å²) < 4.78 is 1.86. The molecule has 1 aromatic carbocycles. The van der Waals surface area contributed by atoms with E-state index in [1.807, 2.05) is 48.0 Å². The zero-order valence-electron chi connectivity index (χ0n) is 12.0. The number of nitrogens with one attached hydrogen (secondary N) is 1. The van der Waals surface area contributed by atoms with Crippen molar-refractivity contribution in [3.05, 3.63) is 42.1 Å². The highest BCUT2D eigenvalue weighted by molar-refractivity contribution is 5.93. The Balaban J connectivity index is 1.76. The van der Waals surface area contributed by atoms with Crippen LogP contribution in [0.2, 0.25) is 0 Å². The number of hydrogen-bond donors (Lipinski definition) is 1. The van der Waals surface area contributed by atoms with Gasteiger partial charge in [0.2, 0.25) is 5.91 Å². The highest BCUT2D eigenvalue weighted by Crippen LogP contribution is 2.28. The summed E-state index contributed by atoms with van der Waals surface area (Å²) in [7, 11) is 1.88. The number of anilines is 1. The van der Waals surface area contributed by atoms with Crippen molar-refractivity contribution in [3.8, 4) is 17.3 Å². The lowest BCUT2D eigenvalue weighted by atomic mass is 9.85. The van der Waals surface area contributed by atoms with Gasteiger partial charge in [-0.15, -0.1) is 0 Å². The van der Waals surface area contributed by atoms with Gasteiger partial charge in [-0.25, -0.2) is 0 Å². The number of nitriles is 1. The predicted octanol–water partition coefficient (Wildman–Crippen LogP) is 3.30. The minimum absolute atomic E-state index is 0.125. The van der Waals surface area contributed by atoms with Crippen molar-refractivity contribution in [1.29, 1.82) is 5.26 Å². The molecule has 3 rings (SSSR count). The van der Waals surface area contributed by atoms with Crippen molar-refractivity contribution in [1.82, 2.24) is 4.57 Å². The van der Waals surface area contributed by atoms with E-state index in [4.69, 9.17) is 5.26 Å². The largest absolute Gasteiger partial charge is 0.335 e. The predicted molar refractivity (Wildman–Crippen MR) is 81.5 cm³/mol. The molecule has 1 aliphatic rings. The molecule has 106 valence electrons. The summed E-state index contributed by atoms with van der Waals surface area (Å²) in [4.78, 5) is 11.9. The molecular weight excluding hydrogens is 262 g/mol. The van der Waals surface area contributed by atoms with Crippen LogP contribution in [0.4, 0.5) is 5.69 Å². The Bertz CT molecular complexity index is 703. The average molecular weight is 279 g/mol. The molecule has 0 unspecified atom stereocenters. The fourth-order valence-corrected chi connectivity index (χ4v) is 2.55. The third kappa shape index (κ3) is 2.55. The molecule has 1 aliphatic carbocycles. The maximum Gasteiger partial charge on any atom is 0.227 e.